The van der Waals surface area contributed by atoms with Gasteiger partial charge in [-0.1, -0.05) is 41.9 Å². The summed E-state index contributed by atoms with van der Waals surface area (Å²) in [4.78, 5) is 28.2. The molecule has 0 fully saturated rings. The molecule has 2 N–H and O–H groups in total. The molecule has 27 heavy (non-hydrogen) atoms. The first-order chi connectivity index (χ1) is 13.0. The lowest BCUT2D eigenvalue weighted by atomic mass is 10.2. The lowest BCUT2D eigenvalue weighted by molar-refractivity contribution is -0.120. The van der Waals surface area contributed by atoms with Crippen LogP contribution in [-0.4, -0.2) is 29.6 Å². The summed E-state index contributed by atoms with van der Waals surface area (Å²) in [5.41, 5.74) is 4.23. The molecular weight excluding hydrogens is 479 g/mol. The SMILES string of the molecule is O=C(CNC(=O)c1ccccc1I)N/N=C\c1cc2ccccc2nc1Cl. The van der Waals surface area contributed by atoms with Gasteiger partial charge in [-0.25, -0.2) is 10.4 Å². The van der Waals surface area contributed by atoms with E-state index >= 15 is 0 Å². The predicted octanol–water partition coefficient (Wildman–Crippen LogP) is 3.37. The van der Waals surface area contributed by atoms with Gasteiger partial charge in [0.25, 0.3) is 11.8 Å². The van der Waals surface area contributed by atoms with Crippen molar-refractivity contribution in [2.45, 2.75) is 0 Å². The second-order valence-corrected chi connectivity index (χ2v) is 7.04. The van der Waals surface area contributed by atoms with E-state index in [1.807, 2.05) is 42.5 Å². The molecule has 1 heterocycles. The highest BCUT2D eigenvalue weighted by atomic mass is 127. The fourth-order valence-corrected chi connectivity index (χ4v) is 3.14. The van der Waals surface area contributed by atoms with Gasteiger partial charge in [-0.15, -0.1) is 0 Å². The highest BCUT2D eigenvalue weighted by molar-refractivity contribution is 14.1. The number of amides is 2. The second kappa shape index (κ2) is 8.92. The Balaban J connectivity index is 1.57. The highest BCUT2D eigenvalue weighted by Crippen LogP contribution is 2.18. The minimum atomic E-state index is -0.449. The Morgan fingerprint density at radius 1 is 1.15 bits per heavy atom. The number of carbonyl (C=O) groups is 2. The number of carbonyl (C=O) groups excluding carboxylic acids is 2. The second-order valence-electron chi connectivity index (χ2n) is 5.52. The van der Waals surface area contributed by atoms with E-state index in [0.29, 0.717) is 16.3 Å². The number of hydrazone groups is 1. The van der Waals surface area contributed by atoms with Crippen LogP contribution in [0.3, 0.4) is 0 Å². The van der Waals surface area contributed by atoms with E-state index in [2.05, 4.69) is 43.4 Å². The molecule has 0 aliphatic rings. The van der Waals surface area contributed by atoms with Crippen molar-refractivity contribution in [3.8, 4) is 0 Å². The number of hydrogen-bond acceptors (Lipinski definition) is 4. The molecule has 6 nitrogen and oxygen atoms in total. The minimum Gasteiger partial charge on any atom is -0.343 e. The van der Waals surface area contributed by atoms with Gasteiger partial charge in [-0.05, 0) is 46.9 Å². The predicted molar refractivity (Wildman–Crippen MR) is 114 cm³/mol. The molecule has 1 aromatic heterocycles. The Labute approximate surface area is 174 Å². The van der Waals surface area contributed by atoms with Gasteiger partial charge in [0.15, 0.2) is 0 Å². The van der Waals surface area contributed by atoms with Crippen LogP contribution in [0, 0.1) is 3.57 Å². The zero-order valence-electron chi connectivity index (χ0n) is 13.9. The van der Waals surface area contributed by atoms with Gasteiger partial charge in [-0.3, -0.25) is 9.59 Å². The summed E-state index contributed by atoms with van der Waals surface area (Å²) in [6, 6.07) is 16.5. The number of aromatic nitrogens is 1. The molecule has 0 saturated heterocycles. The van der Waals surface area contributed by atoms with Crippen LogP contribution in [0.1, 0.15) is 15.9 Å². The van der Waals surface area contributed by atoms with Gasteiger partial charge in [0, 0.05) is 14.5 Å². The number of nitrogens with one attached hydrogen (secondary N) is 2. The molecule has 0 atom stereocenters. The highest BCUT2D eigenvalue weighted by Gasteiger charge is 2.10. The standard InChI is InChI=1S/C19H14ClIN4O2/c20-18-13(9-12-5-1-4-8-16(12)24-18)10-23-25-17(26)11-22-19(27)14-6-2-3-7-15(14)21/h1-10H,11H2,(H,22,27)(H,25,26)/b23-10-. The molecule has 3 aromatic rings. The average Bonchev–Trinajstić information content (AvgIpc) is 2.67. The van der Waals surface area contributed by atoms with Gasteiger partial charge in [0.2, 0.25) is 0 Å². The van der Waals surface area contributed by atoms with Gasteiger partial charge in [-0.2, -0.15) is 5.10 Å². The fourth-order valence-electron chi connectivity index (χ4n) is 2.31. The van der Waals surface area contributed by atoms with E-state index < -0.39 is 5.91 Å². The smallest absolute Gasteiger partial charge is 0.259 e. The number of hydrogen-bond donors (Lipinski definition) is 2. The Kier molecular flexibility index (Phi) is 6.36. The zero-order chi connectivity index (χ0) is 19.2. The van der Waals surface area contributed by atoms with Crippen LogP contribution in [0.2, 0.25) is 5.15 Å². The third-order valence-electron chi connectivity index (χ3n) is 3.63. The summed E-state index contributed by atoms with van der Waals surface area (Å²) in [7, 11) is 0. The number of para-hydroxylation sites is 1. The Morgan fingerprint density at radius 2 is 1.89 bits per heavy atom. The summed E-state index contributed by atoms with van der Waals surface area (Å²) >= 11 is 8.20. The number of pyridine rings is 1. The van der Waals surface area contributed by atoms with Gasteiger partial charge in [0.05, 0.1) is 23.8 Å². The summed E-state index contributed by atoms with van der Waals surface area (Å²) in [6.07, 6.45) is 1.42. The monoisotopic (exact) mass is 492 g/mol. The van der Waals surface area contributed by atoms with Gasteiger partial charge < -0.3 is 5.32 Å². The molecule has 0 unspecified atom stereocenters. The van der Waals surface area contributed by atoms with Crippen molar-refractivity contribution < 1.29 is 9.59 Å². The molecule has 2 amide bonds. The summed E-state index contributed by atoms with van der Waals surface area (Å²) in [6.45, 7) is -0.190. The third-order valence-corrected chi connectivity index (χ3v) is 4.87. The van der Waals surface area contributed by atoms with Gasteiger partial charge >= 0.3 is 0 Å². The number of nitrogens with zero attached hydrogens (tertiary/aromatic N) is 2. The van der Waals surface area contributed by atoms with Gasteiger partial charge in [0.1, 0.15) is 5.15 Å². The van der Waals surface area contributed by atoms with E-state index in [1.165, 1.54) is 6.21 Å². The summed E-state index contributed by atoms with van der Waals surface area (Å²) < 4.78 is 0.810. The van der Waals surface area contributed by atoms with Crippen molar-refractivity contribution in [3.05, 3.63) is 74.4 Å². The molecule has 0 bridgehead atoms. The van der Waals surface area contributed by atoms with Crippen molar-refractivity contribution in [1.82, 2.24) is 15.7 Å². The maximum Gasteiger partial charge on any atom is 0.259 e. The normalized spacial score (nSPS) is 10.9. The lowest BCUT2D eigenvalue weighted by Crippen LogP contribution is -2.35. The topological polar surface area (TPSA) is 83.5 Å². The minimum absolute atomic E-state index is 0.190. The maximum atomic E-state index is 12.1. The average molecular weight is 493 g/mol. The first-order valence-corrected chi connectivity index (χ1v) is 9.40. The molecule has 3 rings (SSSR count). The van der Waals surface area contributed by atoms with Crippen molar-refractivity contribution in [2.24, 2.45) is 5.10 Å². The van der Waals surface area contributed by atoms with Crippen LogP contribution in [0.15, 0.2) is 59.7 Å². The lowest BCUT2D eigenvalue weighted by Gasteiger charge is -2.06. The number of fused-ring (bicyclic) bond motifs is 1. The first kappa shape index (κ1) is 19.2. The molecule has 0 radical (unpaired) electrons. The van der Waals surface area contributed by atoms with E-state index in [9.17, 15) is 9.59 Å². The molecule has 136 valence electrons. The molecule has 8 heteroatoms. The molecule has 0 spiro atoms. The number of halogens is 2. The Hall–Kier alpha value is -2.52. The van der Waals surface area contributed by atoms with Crippen LogP contribution < -0.4 is 10.7 Å². The largest absolute Gasteiger partial charge is 0.343 e. The Morgan fingerprint density at radius 3 is 2.70 bits per heavy atom. The van der Waals surface area contributed by atoms with Crippen molar-refractivity contribution in [2.75, 3.05) is 6.54 Å². The van der Waals surface area contributed by atoms with E-state index in [-0.39, 0.29) is 12.5 Å². The number of rotatable bonds is 5. The van der Waals surface area contributed by atoms with E-state index in [1.54, 1.807) is 12.1 Å². The number of benzene rings is 2. The molecule has 0 aliphatic heterocycles. The molecule has 2 aromatic carbocycles. The van der Waals surface area contributed by atoms with E-state index in [4.69, 9.17) is 11.6 Å². The third kappa shape index (κ3) is 5.01. The van der Waals surface area contributed by atoms with Crippen LogP contribution in [0.4, 0.5) is 0 Å². The molecule has 0 aliphatic carbocycles. The zero-order valence-corrected chi connectivity index (χ0v) is 16.9. The van der Waals surface area contributed by atoms with Crippen LogP contribution in [0.5, 0.6) is 0 Å². The van der Waals surface area contributed by atoms with Crippen molar-refractivity contribution in [3.63, 3.8) is 0 Å². The summed E-state index contributed by atoms with van der Waals surface area (Å²) in [5.74, 6) is -0.767. The van der Waals surface area contributed by atoms with Crippen LogP contribution >= 0.6 is 34.2 Å². The van der Waals surface area contributed by atoms with Crippen LogP contribution in [-0.2, 0) is 4.79 Å². The fraction of sp³-hybridized carbons (Fsp3) is 0.0526. The summed E-state index contributed by atoms with van der Waals surface area (Å²) in [5, 5.41) is 7.64. The van der Waals surface area contributed by atoms with Crippen molar-refractivity contribution in [1.29, 1.82) is 0 Å². The molecular formula is C19H14ClIN4O2. The molecule has 0 saturated carbocycles. The first-order valence-electron chi connectivity index (χ1n) is 7.94. The maximum absolute atomic E-state index is 12.1. The van der Waals surface area contributed by atoms with E-state index in [0.717, 1.165) is 14.5 Å². The van der Waals surface area contributed by atoms with Crippen LogP contribution in [0.25, 0.3) is 10.9 Å². The Bertz CT molecular complexity index is 1040. The van der Waals surface area contributed by atoms with Crippen molar-refractivity contribution >= 4 is 63.1 Å². The quantitative estimate of drug-likeness (QED) is 0.248.